The second-order valence-corrected chi connectivity index (χ2v) is 13.9. The Balaban J connectivity index is 4.31. The Bertz CT molecular complexity index is 975. The number of unbranched alkanes of at least 4 members (excludes halogenated alkanes) is 16. The molecule has 0 aromatic heterocycles. The molecule has 6 heteroatoms. The van der Waals surface area contributed by atoms with E-state index in [1.54, 1.807) is 0 Å². The van der Waals surface area contributed by atoms with Gasteiger partial charge in [0, 0.05) is 19.3 Å². The fourth-order valence-electron chi connectivity index (χ4n) is 5.54. The van der Waals surface area contributed by atoms with Crippen LogP contribution in [0, 0.1) is 0 Å². The first-order valence-corrected chi connectivity index (χ1v) is 21.3. The van der Waals surface area contributed by atoms with Crippen molar-refractivity contribution >= 4 is 17.9 Å². The van der Waals surface area contributed by atoms with Crippen molar-refractivity contribution in [1.82, 2.24) is 0 Å². The van der Waals surface area contributed by atoms with Crippen LogP contribution >= 0.6 is 0 Å². The van der Waals surface area contributed by atoms with Gasteiger partial charge in [-0.05, 0) is 83.5 Å². The zero-order chi connectivity index (χ0) is 38.0. The van der Waals surface area contributed by atoms with Crippen molar-refractivity contribution in [2.45, 2.75) is 200 Å². The van der Waals surface area contributed by atoms with Crippen LogP contribution in [-0.2, 0) is 28.6 Å². The Morgan fingerprint density at radius 2 is 0.750 bits per heavy atom. The molecule has 0 spiro atoms. The molecule has 0 amide bonds. The van der Waals surface area contributed by atoms with Crippen LogP contribution in [0.25, 0.3) is 0 Å². The van der Waals surface area contributed by atoms with Gasteiger partial charge in [0.05, 0.1) is 0 Å². The van der Waals surface area contributed by atoms with Crippen molar-refractivity contribution in [2.75, 3.05) is 13.2 Å². The minimum atomic E-state index is -0.782. The summed E-state index contributed by atoms with van der Waals surface area (Å²) in [5.74, 6) is -0.942. The summed E-state index contributed by atoms with van der Waals surface area (Å²) in [5, 5.41) is 0. The van der Waals surface area contributed by atoms with E-state index < -0.39 is 6.10 Å². The van der Waals surface area contributed by atoms with Crippen molar-refractivity contribution in [3.05, 3.63) is 60.8 Å². The molecular formula is C46H78O6. The number of carbonyl (C=O) groups is 3. The molecule has 0 rings (SSSR count). The van der Waals surface area contributed by atoms with Gasteiger partial charge in [0.2, 0.25) is 0 Å². The monoisotopic (exact) mass is 727 g/mol. The first-order valence-electron chi connectivity index (χ1n) is 21.3. The highest BCUT2D eigenvalue weighted by molar-refractivity contribution is 5.71. The molecule has 0 radical (unpaired) electrons. The predicted molar refractivity (Wildman–Crippen MR) is 219 cm³/mol. The van der Waals surface area contributed by atoms with E-state index in [9.17, 15) is 14.4 Å². The quantitative estimate of drug-likeness (QED) is 0.0274. The fourth-order valence-corrected chi connectivity index (χ4v) is 5.54. The van der Waals surface area contributed by atoms with Gasteiger partial charge in [-0.1, -0.05) is 152 Å². The van der Waals surface area contributed by atoms with Crippen LogP contribution in [0.3, 0.4) is 0 Å². The molecule has 6 nitrogen and oxygen atoms in total. The molecule has 0 N–H and O–H groups in total. The highest BCUT2D eigenvalue weighted by Gasteiger charge is 2.19. The van der Waals surface area contributed by atoms with Crippen LogP contribution in [-0.4, -0.2) is 37.2 Å². The summed E-state index contributed by atoms with van der Waals surface area (Å²) in [6.07, 6.45) is 48.0. The maximum atomic E-state index is 12.6. The zero-order valence-electron chi connectivity index (χ0n) is 33.8. The van der Waals surface area contributed by atoms with Crippen LogP contribution in [0.5, 0.6) is 0 Å². The maximum Gasteiger partial charge on any atom is 0.306 e. The smallest absolute Gasteiger partial charge is 0.306 e. The number of esters is 3. The Labute approximate surface area is 320 Å². The Hall–Kier alpha value is -2.89. The molecule has 0 saturated carbocycles. The highest BCUT2D eigenvalue weighted by Crippen LogP contribution is 2.12. The van der Waals surface area contributed by atoms with Crippen molar-refractivity contribution in [3.8, 4) is 0 Å². The first-order chi connectivity index (χ1) is 25.5. The Morgan fingerprint density at radius 1 is 0.404 bits per heavy atom. The predicted octanol–water partition coefficient (Wildman–Crippen LogP) is 13.4. The fraction of sp³-hybridized carbons (Fsp3) is 0.717. The Kier molecular flexibility index (Phi) is 38.6. The molecule has 52 heavy (non-hydrogen) atoms. The molecule has 1 atom stereocenters. The number of ether oxygens (including phenoxy) is 3. The second kappa shape index (κ2) is 40.9. The van der Waals surface area contributed by atoms with E-state index in [1.807, 2.05) is 0 Å². The van der Waals surface area contributed by atoms with E-state index in [0.29, 0.717) is 19.3 Å². The molecule has 0 aliphatic heterocycles. The molecule has 0 saturated heterocycles. The molecular weight excluding hydrogens is 648 g/mol. The molecule has 0 bridgehead atoms. The summed E-state index contributed by atoms with van der Waals surface area (Å²) in [4.78, 5) is 37.4. The lowest BCUT2D eigenvalue weighted by atomic mass is 10.1. The van der Waals surface area contributed by atoms with Crippen LogP contribution in [0.15, 0.2) is 60.8 Å². The third-order valence-corrected chi connectivity index (χ3v) is 8.76. The number of rotatable bonds is 37. The molecule has 0 aliphatic carbocycles. The third kappa shape index (κ3) is 38.3. The average Bonchev–Trinajstić information content (AvgIpc) is 3.14. The minimum absolute atomic E-state index is 0.0872. The van der Waals surface area contributed by atoms with Gasteiger partial charge in [-0.15, -0.1) is 0 Å². The van der Waals surface area contributed by atoms with E-state index in [-0.39, 0.29) is 31.1 Å². The zero-order valence-corrected chi connectivity index (χ0v) is 33.8. The van der Waals surface area contributed by atoms with Crippen LogP contribution in [0.1, 0.15) is 194 Å². The summed E-state index contributed by atoms with van der Waals surface area (Å²) in [7, 11) is 0. The average molecular weight is 727 g/mol. The largest absolute Gasteiger partial charge is 0.462 e. The van der Waals surface area contributed by atoms with Gasteiger partial charge in [0.1, 0.15) is 13.2 Å². The molecule has 0 heterocycles. The highest BCUT2D eigenvalue weighted by atomic mass is 16.6. The third-order valence-electron chi connectivity index (χ3n) is 8.76. The lowest BCUT2D eigenvalue weighted by Gasteiger charge is -2.18. The van der Waals surface area contributed by atoms with E-state index in [0.717, 1.165) is 116 Å². The van der Waals surface area contributed by atoms with Crippen molar-refractivity contribution < 1.29 is 28.6 Å². The van der Waals surface area contributed by atoms with Gasteiger partial charge in [-0.2, -0.15) is 0 Å². The lowest BCUT2D eigenvalue weighted by Crippen LogP contribution is -2.30. The number of hydrogen-bond acceptors (Lipinski definition) is 6. The normalized spacial score (nSPS) is 12.6. The molecule has 1 unspecified atom stereocenters. The van der Waals surface area contributed by atoms with Gasteiger partial charge in [-0.3, -0.25) is 14.4 Å². The Morgan fingerprint density at radius 3 is 1.23 bits per heavy atom. The number of carbonyl (C=O) groups excluding carboxylic acids is 3. The summed E-state index contributed by atoms with van der Waals surface area (Å²) < 4.78 is 16.5. The van der Waals surface area contributed by atoms with Crippen molar-refractivity contribution in [1.29, 1.82) is 0 Å². The molecule has 0 aromatic carbocycles. The van der Waals surface area contributed by atoms with Gasteiger partial charge in [-0.25, -0.2) is 0 Å². The molecule has 0 aromatic rings. The van der Waals surface area contributed by atoms with Crippen molar-refractivity contribution in [2.24, 2.45) is 0 Å². The van der Waals surface area contributed by atoms with Crippen molar-refractivity contribution in [3.63, 3.8) is 0 Å². The van der Waals surface area contributed by atoms with E-state index in [1.165, 1.54) is 38.5 Å². The second-order valence-electron chi connectivity index (χ2n) is 13.9. The number of allylic oxidation sites excluding steroid dienone is 10. The van der Waals surface area contributed by atoms with E-state index in [2.05, 4.69) is 81.5 Å². The van der Waals surface area contributed by atoms with E-state index in [4.69, 9.17) is 14.2 Å². The lowest BCUT2D eigenvalue weighted by molar-refractivity contribution is -0.167. The molecule has 0 fully saturated rings. The topological polar surface area (TPSA) is 78.9 Å². The number of hydrogen-bond donors (Lipinski definition) is 0. The minimum Gasteiger partial charge on any atom is -0.462 e. The molecule has 298 valence electrons. The molecule has 0 aliphatic rings. The van der Waals surface area contributed by atoms with Gasteiger partial charge in [0.25, 0.3) is 0 Å². The van der Waals surface area contributed by atoms with Crippen LogP contribution in [0.2, 0.25) is 0 Å². The summed E-state index contributed by atoms with van der Waals surface area (Å²) in [5.41, 5.74) is 0. The summed E-state index contributed by atoms with van der Waals surface area (Å²) >= 11 is 0. The van der Waals surface area contributed by atoms with E-state index >= 15 is 0 Å². The van der Waals surface area contributed by atoms with Gasteiger partial charge >= 0.3 is 17.9 Å². The van der Waals surface area contributed by atoms with Crippen LogP contribution in [0.4, 0.5) is 0 Å². The van der Waals surface area contributed by atoms with Crippen LogP contribution < -0.4 is 0 Å². The van der Waals surface area contributed by atoms with Gasteiger partial charge in [0.15, 0.2) is 6.10 Å². The van der Waals surface area contributed by atoms with Gasteiger partial charge < -0.3 is 14.2 Å². The summed E-state index contributed by atoms with van der Waals surface area (Å²) in [6.45, 7) is 6.36. The maximum absolute atomic E-state index is 12.6. The summed E-state index contributed by atoms with van der Waals surface area (Å²) in [6, 6.07) is 0. The standard InChI is InChI=1S/C46H78O6/c1-4-7-10-13-15-17-19-21-22-23-24-25-27-28-30-33-36-39-45(48)51-42-43(41-50-44(47)38-35-32-12-9-6-3)52-46(49)40-37-34-31-29-26-20-18-16-14-11-8-5-2/h7,10,15-18,21-22,24-25,43H,4-6,8-9,11-14,19-20,23,26-42H2,1-3H3/b10-7-,17-15-,18-16-,22-21-,25-24-. The SMILES string of the molecule is CC/C=C\C/C=C\C/C=C\C/C=C\CCCCCCC(=O)OCC(COC(=O)CCCCCCC)OC(=O)CCCCCCC/C=C\CCCCC. The first kappa shape index (κ1) is 49.1.